The lowest BCUT2D eigenvalue weighted by molar-refractivity contribution is -0.885. The molecule has 0 fully saturated rings. The van der Waals surface area contributed by atoms with Crippen LogP contribution in [0.2, 0.25) is 0 Å². The molecule has 0 amide bonds. The number of likely N-dealkylation sites (N-methyl/N-ethyl adjacent to an activating group) is 1. The van der Waals surface area contributed by atoms with Crippen molar-refractivity contribution in [1.82, 2.24) is 0 Å². The molecule has 0 spiro atoms. The van der Waals surface area contributed by atoms with Crippen LogP contribution in [-0.4, -0.2) is 59.5 Å². The summed E-state index contributed by atoms with van der Waals surface area (Å²) in [5.74, 6) is -2.68. The number of Topliss-reactive ketones (excluding diaryl/α,β-unsaturated/α-hetero) is 1. The Morgan fingerprint density at radius 3 is 2.03 bits per heavy atom. The van der Waals surface area contributed by atoms with Gasteiger partial charge in [-0.2, -0.15) is 0 Å². The molecule has 176 valence electrons. The van der Waals surface area contributed by atoms with Crippen molar-refractivity contribution >= 4 is 11.8 Å². The van der Waals surface area contributed by atoms with Crippen LogP contribution in [0.25, 0.3) is 0 Å². The number of aliphatic hydroxyl groups is 1. The van der Waals surface area contributed by atoms with Crippen LogP contribution in [0.3, 0.4) is 0 Å². The summed E-state index contributed by atoms with van der Waals surface area (Å²) < 4.78 is 68.5. The molecule has 0 radical (unpaired) electrons. The summed E-state index contributed by atoms with van der Waals surface area (Å²) >= 11 is 0. The van der Waals surface area contributed by atoms with Crippen LogP contribution in [0.4, 0.5) is 0 Å². The van der Waals surface area contributed by atoms with E-state index in [0.717, 1.165) is 32.1 Å². The summed E-state index contributed by atoms with van der Waals surface area (Å²) in [5, 5.41) is 19.2. The first-order valence-corrected chi connectivity index (χ1v) is 11.4. The molecular formula is C25H48NO4+. The average molecular weight is 436 g/mol. The number of hydrogen-bond acceptors (Lipinski definition) is 3. The van der Waals surface area contributed by atoms with Crippen molar-refractivity contribution < 1.29 is 36.6 Å². The van der Waals surface area contributed by atoms with E-state index in [1.165, 1.54) is 38.5 Å². The van der Waals surface area contributed by atoms with Crippen molar-refractivity contribution in [3.8, 4) is 0 Å². The summed E-state index contributed by atoms with van der Waals surface area (Å²) in [4.78, 5) is 23.8. The van der Waals surface area contributed by atoms with Crippen molar-refractivity contribution in [1.29, 1.82) is 0 Å². The van der Waals surface area contributed by atoms with E-state index in [9.17, 15) is 14.7 Å². The summed E-state index contributed by atoms with van der Waals surface area (Å²) in [6.07, 6.45) is 12.4. The maximum Gasteiger partial charge on any atom is 0.306 e. The standard InChI is InChI=1S/C25H47NO4/c1-4-5-6-7-8-9-10-11-12-13-14-15-16-17-18-19-23(27)21-26(2,3)22-24(28)20-25(29)30/h11-12,24,28H,4-10,13-22H2,1-3H3/p+1/b12-11-/t24-/m1/s1/i2D3,3D3,22D2,24D. The molecular weight excluding hydrogens is 378 g/mol. The number of rotatable bonds is 21. The van der Waals surface area contributed by atoms with Gasteiger partial charge in [0.05, 0.1) is 32.7 Å². The number of unbranched alkanes of at least 4 members (excludes halogenated alkanes) is 11. The summed E-state index contributed by atoms with van der Waals surface area (Å²) in [6.45, 7) is -10.4. The second-order valence-electron chi connectivity index (χ2n) is 7.97. The van der Waals surface area contributed by atoms with Crippen LogP contribution >= 0.6 is 0 Å². The molecule has 0 aliphatic heterocycles. The quantitative estimate of drug-likeness (QED) is 0.142. The molecule has 0 saturated heterocycles. The van der Waals surface area contributed by atoms with Crippen molar-refractivity contribution in [3.05, 3.63) is 12.2 Å². The topological polar surface area (TPSA) is 74.6 Å². The summed E-state index contributed by atoms with van der Waals surface area (Å²) in [5.41, 5.74) is 0. The molecule has 0 unspecified atom stereocenters. The van der Waals surface area contributed by atoms with Crippen LogP contribution in [-0.2, 0) is 9.59 Å². The number of hydrogen-bond donors (Lipinski definition) is 2. The SMILES string of the molecule is [2H]C([2H])([2H])[N+](CC(=O)CCCCCCC/C=C\CCCCCCCC)(C([2H])([2H])[2H])C([2H])([2H])[C@]([2H])(O)CC(=O)O. The number of aliphatic carboxylic acids is 1. The number of carbonyl (C=O) groups excluding carboxylic acids is 1. The van der Waals surface area contributed by atoms with Crippen LogP contribution in [0.1, 0.15) is 116 Å². The predicted molar refractivity (Wildman–Crippen MR) is 125 cm³/mol. The molecule has 0 bridgehead atoms. The fourth-order valence-corrected chi connectivity index (χ4v) is 3.18. The Morgan fingerprint density at radius 1 is 0.967 bits per heavy atom. The zero-order chi connectivity index (χ0) is 30.4. The third kappa shape index (κ3) is 20.1. The predicted octanol–water partition coefficient (Wildman–Crippen LogP) is 5.51. The van der Waals surface area contributed by atoms with Gasteiger partial charge in [-0.05, 0) is 32.1 Å². The molecule has 0 heterocycles. The van der Waals surface area contributed by atoms with Gasteiger partial charge in [0, 0.05) is 6.42 Å². The highest BCUT2D eigenvalue weighted by atomic mass is 16.4. The van der Waals surface area contributed by atoms with E-state index in [1.807, 2.05) is 0 Å². The first-order valence-electron chi connectivity index (χ1n) is 15.9. The number of ketones is 1. The number of allylic oxidation sites excluding steroid dienone is 2. The minimum absolute atomic E-state index is 0.199. The van der Waals surface area contributed by atoms with E-state index in [1.54, 1.807) is 0 Å². The van der Waals surface area contributed by atoms with E-state index in [2.05, 4.69) is 19.1 Å². The van der Waals surface area contributed by atoms with Crippen molar-refractivity contribution in [2.24, 2.45) is 0 Å². The maximum atomic E-state index is 12.7. The molecule has 0 saturated carbocycles. The lowest BCUT2D eigenvalue weighted by atomic mass is 10.1. The number of carboxylic acids is 1. The molecule has 0 aromatic carbocycles. The van der Waals surface area contributed by atoms with E-state index in [4.69, 9.17) is 17.4 Å². The Morgan fingerprint density at radius 2 is 1.50 bits per heavy atom. The Bertz CT molecular complexity index is 752. The molecule has 0 aromatic rings. The minimum atomic E-state index is -3.85. The second kappa shape index (κ2) is 18.6. The largest absolute Gasteiger partial charge is 0.481 e. The Hall–Kier alpha value is -1.20. The third-order valence-corrected chi connectivity index (χ3v) is 4.77. The summed E-state index contributed by atoms with van der Waals surface area (Å²) in [7, 11) is 0. The monoisotopic (exact) mass is 435 g/mol. The third-order valence-electron chi connectivity index (χ3n) is 4.77. The molecule has 5 nitrogen and oxygen atoms in total. The molecule has 30 heavy (non-hydrogen) atoms. The first-order chi connectivity index (χ1) is 17.9. The highest BCUT2D eigenvalue weighted by Gasteiger charge is 2.25. The minimum Gasteiger partial charge on any atom is -0.481 e. The van der Waals surface area contributed by atoms with Gasteiger partial charge in [-0.1, -0.05) is 70.4 Å². The van der Waals surface area contributed by atoms with E-state index in [-0.39, 0.29) is 6.42 Å². The molecule has 0 rings (SSSR count). The second-order valence-corrected chi connectivity index (χ2v) is 7.97. The van der Waals surface area contributed by atoms with Gasteiger partial charge in [-0.25, -0.2) is 0 Å². The van der Waals surface area contributed by atoms with E-state index >= 15 is 0 Å². The zero-order valence-electron chi connectivity index (χ0n) is 27.6. The Balaban J connectivity index is 4.87. The van der Waals surface area contributed by atoms with Crippen LogP contribution in [0.15, 0.2) is 12.2 Å². The molecule has 0 aliphatic rings. The van der Waals surface area contributed by atoms with Gasteiger partial charge in [0.1, 0.15) is 19.1 Å². The summed E-state index contributed by atoms with van der Waals surface area (Å²) in [6, 6.07) is 0. The first kappa shape index (κ1) is 16.4. The Kier molecular flexibility index (Phi) is 10.2. The maximum absolute atomic E-state index is 12.7. The highest BCUT2D eigenvalue weighted by molar-refractivity contribution is 5.79. The fourth-order valence-electron chi connectivity index (χ4n) is 3.18. The van der Waals surface area contributed by atoms with Crippen molar-refractivity contribution in [2.75, 3.05) is 27.0 Å². The van der Waals surface area contributed by atoms with Gasteiger partial charge < -0.3 is 14.7 Å². The van der Waals surface area contributed by atoms with Crippen molar-refractivity contribution in [3.63, 3.8) is 0 Å². The smallest absolute Gasteiger partial charge is 0.306 e. The van der Waals surface area contributed by atoms with Gasteiger partial charge in [0.15, 0.2) is 5.78 Å². The lowest BCUT2D eigenvalue weighted by Crippen LogP contribution is -2.48. The van der Waals surface area contributed by atoms with Crippen LogP contribution in [0, 0.1) is 0 Å². The van der Waals surface area contributed by atoms with Crippen molar-refractivity contribution in [2.45, 2.75) is 109 Å². The molecule has 1 atom stereocenters. The van der Waals surface area contributed by atoms with Gasteiger partial charge in [0.2, 0.25) is 0 Å². The molecule has 5 heteroatoms. The number of carbonyl (C=O) groups is 2. The molecule has 0 aromatic heterocycles. The normalized spacial score (nSPS) is 19.9. The lowest BCUT2D eigenvalue weighted by Gasteiger charge is -2.30. The fraction of sp³-hybridized carbons (Fsp3) is 0.840. The Labute approximate surface area is 197 Å². The van der Waals surface area contributed by atoms with Crippen LogP contribution < -0.4 is 0 Å². The van der Waals surface area contributed by atoms with Gasteiger partial charge >= 0.3 is 5.97 Å². The van der Waals surface area contributed by atoms with E-state index in [0.29, 0.717) is 12.8 Å². The van der Waals surface area contributed by atoms with Gasteiger partial charge in [-0.15, -0.1) is 0 Å². The highest BCUT2D eigenvalue weighted by Crippen LogP contribution is 2.11. The van der Waals surface area contributed by atoms with E-state index < -0.39 is 55.7 Å². The number of carboxylic acid groups (broad SMARTS) is 1. The number of nitrogens with zero attached hydrogens (tertiary/aromatic N) is 1. The number of quaternary nitrogens is 1. The van der Waals surface area contributed by atoms with Crippen LogP contribution in [0.5, 0.6) is 0 Å². The van der Waals surface area contributed by atoms with Gasteiger partial charge in [-0.3, -0.25) is 9.59 Å². The molecule has 2 N–H and O–H groups in total. The average Bonchev–Trinajstić information content (AvgIpc) is 2.77. The molecule has 0 aliphatic carbocycles. The van der Waals surface area contributed by atoms with Gasteiger partial charge in [0.25, 0.3) is 0 Å². The zero-order valence-corrected chi connectivity index (χ0v) is 18.6.